The number of hydrogen-bond donors (Lipinski definition) is 1. The van der Waals surface area contributed by atoms with Crippen molar-refractivity contribution in [3.8, 4) is 22.5 Å². The molecule has 0 fully saturated rings. The van der Waals surface area contributed by atoms with E-state index in [9.17, 15) is 0 Å². The molecule has 1 heterocycles. The van der Waals surface area contributed by atoms with Gasteiger partial charge in [0.15, 0.2) is 0 Å². The zero-order valence-corrected chi connectivity index (χ0v) is 11.3. The van der Waals surface area contributed by atoms with E-state index in [1.165, 1.54) is 0 Å². The van der Waals surface area contributed by atoms with Crippen LogP contribution in [0.2, 0.25) is 5.02 Å². The van der Waals surface area contributed by atoms with Gasteiger partial charge in [-0.05, 0) is 13.0 Å². The van der Waals surface area contributed by atoms with Crippen LogP contribution in [0, 0.1) is 6.92 Å². The topological polar surface area (TPSA) is 28.7 Å². The molecule has 0 atom stereocenters. The molecule has 3 aromatic rings. The third-order valence-corrected chi connectivity index (χ3v) is 3.53. The van der Waals surface area contributed by atoms with Gasteiger partial charge in [0.05, 0.1) is 11.4 Å². The summed E-state index contributed by atoms with van der Waals surface area (Å²) >= 11 is 6.24. The maximum absolute atomic E-state index is 6.24. The molecule has 2 aromatic carbocycles. The van der Waals surface area contributed by atoms with Crippen LogP contribution in [0.3, 0.4) is 0 Å². The number of hydrogen-bond acceptors (Lipinski definition) is 1. The quantitative estimate of drug-likeness (QED) is 0.717. The van der Waals surface area contributed by atoms with Crippen molar-refractivity contribution in [2.24, 2.45) is 0 Å². The Bertz CT molecular complexity index is 702. The van der Waals surface area contributed by atoms with E-state index in [4.69, 9.17) is 11.6 Å². The number of nitrogens with zero attached hydrogens (tertiary/aromatic N) is 1. The van der Waals surface area contributed by atoms with Gasteiger partial charge in [0.2, 0.25) is 0 Å². The van der Waals surface area contributed by atoms with Gasteiger partial charge < -0.3 is 0 Å². The maximum Gasteiger partial charge on any atom is 0.0956 e. The Balaban J connectivity index is 2.12. The van der Waals surface area contributed by atoms with Crippen molar-refractivity contribution in [2.75, 3.05) is 0 Å². The lowest BCUT2D eigenvalue weighted by Crippen LogP contribution is -1.83. The number of rotatable bonds is 2. The summed E-state index contributed by atoms with van der Waals surface area (Å²) in [5, 5.41) is 8.25. The Morgan fingerprint density at radius 1 is 0.947 bits per heavy atom. The number of halogens is 1. The van der Waals surface area contributed by atoms with Crippen molar-refractivity contribution < 1.29 is 0 Å². The van der Waals surface area contributed by atoms with Gasteiger partial charge in [0.1, 0.15) is 0 Å². The number of aromatic nitrogens is 2. The SMILES string of the molecule is Cc1c(-c2ccccc2)n[nH]c1-c1ccccc1Cl. The number of benzene rings is 2. The molecule has 1 N–H and O–H groups in total. The lowest BCUT2D eigenvalue weighted by molar-refractivity contribution is 1.10. The molecule has 94 valence electrons. The van der Waals surface area contributed by atoms with Crippen molar-refractivity contribution in [1.82, 2.24) is 10.2 Å². The van der Waals surface area contributed by atoms with Crippen molar-refractivity contribution in [2.45, 2.75) is 6.92 Å². The first kappa shape index (κ1) is 12.0. The second-order valence-corrected chi connectivity index (χ2v) is 4.83. The summed E-state index contributed by atoms with van der Waals surface area (Å²) in [6.07, 6.45) is 0. The van der Waals surface area contributed by atoms with Crippen molar-refractivity contribution in [3.05, 3.63) is 65.2 Å². The van der Waals surface area contributed by atoms with Crippen LogP contribution < -0.4 is 0 Å². The summed E-state index contributed by atoms with van der Waals surface area (Å²) in [4.78, 5) is 0. The van der Waals surface area contributed by atoms with E-state index in [2.05, 4.69) is 29.3 Å². The molecule has 0 unspecified atom stereocenters. The van der Waals surface area contributed by atoms with Crippen LogP contribution in [0.4, 0.5) is 0 Å². The fourth-order valence-electron chi connectivity index (χ4n) is 2.20. The molecule has 1 aromatic heterocycles. The normalized spacial score (nSPS) is 10.6. The van der Waals surface area contributed by atoms with Crippen LogP contribution in [0.15, 0.2) is 54.6 Å². The van der Waals surface area contributed by atoms with E-state index in [-0.39, 0.29) is 0 Å². The van der Waals surface area contributed by atoms with Gasteiger partial charge >= 0.3 is 0 Å². The summed E-state index contributed by atoms with van der Waals surface area (Å²) in [7, 11) is 0. The highest BCUT2D eigenvalue weighted by molar-refractivity contribution is 6.33. The molecular formula is C16H13ClN2. The van der Waals surface area contributed by atoms with E-state index in [1.807, 2.05) is 42.5 Å². The number of aromatic amines is 1. The molecule has 0 radical (unpaired) electrons. The Hall–Kier alpha value is -2.06. The molecule has 0 saturated carbocycles. The average molecular weight is 269 g/mol. The van der Waals surface area contributed by atoms with Crippen LogP contribution >= 0.6 is 11.6 Å². The maximum atomic E-state index is 6.24. The molecule has 2 nitrogen and oxygen atoms in total. The van der Waals surface area contributed by atoms with E-state index < -0.39 is 0 Å². The smallest absolute Gasteiger partial charge is 0.0956 e. The van der Waals surface area contributed by atoms with Gasteiger partial charge in [-0.2, -0.15) is 5.10 Å². The standard InChI is InChI=1S/C16H13ClN2/c1-11-15(12-7-3-2-4-8-12)18-19-16(11)13-9-5-6-10-14(13)17/h2-10H,1H3,(H,18,19). The van der Waals surface area contributed by atoms with Crippen molar-refractivity contribution in [1.29, 1.82) is 0 Å². The molecule has 19 heavy (non-hydrogen) atoms. The van der Waals surface area contributed by atoms with Crippen LogP contribution in [0.1, 0.15) is 5.56 Å². The van der Waals surface area contributed by atoms with Crippen molar-refractivity contribution >= 4 is 11.6 Å². The van der Waals surface area contributed by atoms with E-state index in [1.54, 1.807) is 0 Å². The van der Waals surface area contributed by atoms with Crippen molar-refractivity contribution in [3.63, 3.8) is 0 Å². The van der Waals surface area contributed by atoms with Crippen LogP contribution in [-0.2, 0) is 0 Å². The highest BCUT2D eigenvalue weighted by Gasteiger charge is 2.13. The zero-order chi connectivity index (χ0) is 13.2. The molecule has 0 spiro atoms. The third kappa shape index (κ3) is 2.15. The average Bonchev–Trinajstić information content (AvgIpc) is 2.82. The summed E-state index contributed by atoms with van der Waals surface area (Å²) < 4.78 is 0. The predicted octanol–water partition coefficient (Wildman–Crippen LogP) is 4.71. The van der Waals surface area contributed by atoms with Gasteiger partial charge in [0, 0.05) is 21.7 Å². The lowest BCUT2D eigenvalue weighted by Gasteiger charge is -2.03. The van der Waals surface area contributed by atoms with Crippen LogP contribution in [-0.4, -0.2) is 10.2 Å². The minimum absolute atomic E-state index is 0.730. The fourth-order valence-corrected chi connectivity index (χ4v) is 2.43. The first-order valence-electron chi connectivity index (χ1n) is 6.12. The van der Waals surface area contributed by atoms with Gasteiger partial charge in [-0.1, -0.05) is 60.1 Å². The highest BCUT2D eigenvalue weighted by Crippen LogP contribution is 2.32. The van der Waals surface area contributed by atoms with E-state index in [0.717, 1.165) is 33.1 Å². The monoisotopic (exact) mass is 268 g/mol. The Kier molecular flexibility index (Phi) is 3.10. The predicted molar refractivity (Wildman–Crippen MR) is 79.2 cm³/mol. The largest absolute Gasteiger partial charge is 0.277 e. The molecule has 0 aliphatic heterocycles. The first-order chi connectivity index (χ1) is 9.27. The second-order valence-electron chi connectivity index (χ2n) is 4.42. The van der Waals surface area contributed by atoms with Gasteiger partial charge in [-0.25, -0.2) is 0 Å². The summed E-state index contributed by atoms with van der Waals surface area (Å²) in [6, 6.07) is 17.9. The Morgan fingerprint density at radius 3 is 2.37 bits per heavy atom. The molecular weight excluding hydrogens is 256 g/mol. The second kappa shape index (κ2) is 4.90. The number of nitrogens with one attached hydrogen (secondary N) is 1. The molecule has 0 aliphatic rings. The third-order valence-electron chi connectivity index (χ3n) is 3.20. The summed E-state index contributed by atoms with van der Waals surface area (Å²) in [5.74, 6) is 0. The zero-order valence-electron chi connectivity index (χ0n) is 10.5. The molecule has 3 rings (SSSR count). The van der Waals surface area contributed by atoms with Gasteiger partial charge in [0.25, 0.3) is 0 Å². The Morgan fingerprint density at radius 2 is 1.63 bits per heavy atom. The van der Waals surface area contributed by atoms with E-state index in [0.29, 0.717) is 0 Å². The number of H-pyrrole nitrogens is 1. The molecule has 0 saturated heterocycles. The lowest BCUT2D eigenvalue weighted by atomic mass is 10.0. The van der Waals surface area contributed by atoms with Gasteiger partial charge in [-0.15, -0.1) is 0 Å². The minimum atomic E-state index is 0.730. The molecule has 0 aliphatic carbocycles. The Labute approximate surface area is 117 Å². The molecule has 0 bridgehead atoms. The van der Waals surface area contributed by atoms with Gasteiger partial charge in [-0.3, -0.25) is 5.10 Å². The minimum Gasteiger partial charge on any atom is -0.277 e. The van der Waals surface area contributed by atoms with E-state index >= 15 is 0 Å². The van der Waals surface area contributed by atoms with Crippen LogP contribution in [0.5, 0.6) is 0 Å². The highest BCUT2D eigenvalue weighted by atomic mass is 35.5. The molecule has 3 heteroatoms. The first-order valence-corrected chi connectivity index (χ1v) is 6.50. The fraction of sp³-hybridized carbons (Fsp3) is 0.0625. The van der Waals surface area contributed by atoms with Crippen LogP contribution in [0.25, 0.3) is 22.5 Å². The summed E-state index contributed by atoms with van der Waals surface area (Å²) in [5.41, 5.74) is 5.14. The molecule has 0 amide bonds. The summed E-state index contributed by atoms with van der Waals surface area (Å²) in [6.45, 7) is 2.06.